The van der Waals surface area contributed by atoms with E-state index in [0.717, 1.165) is 12.0 Å². The summed E-state index contributed by atoms with van der Waals surface area (Å²) >= 11 is 0. The van der Waals surface area contributed by atoms with Crippen LogP contribution in [0, 0.1) is 0 Å². The first kappa shape index (κ1) is 13.9. The average molecular weight is 272 g/mol. The maximum absolute atomic E-state index is 12.0. The fourth-order valence-corrected chi connectivity index (χ4v) is 1.83. The van der Waals surface area contributed by atoms with Gasteiger partial charge in [0, 0.05) is 5.69 Å². The van der Waals surface area contributed by atoms with Crippen molar-refractivity contribution < 1.29 is 15.0 Å². The Balaban J connectivity index is 2.13. The Hall–Kier alpha value is -2.53. The van der Waals surface area contributed by atoms with Gasteiger partial charge in [0.25, 0.3) is 5.91 Å². The van der Waals surface area contributed by atoms with Crippen molar-refractivity contribution in [2.24, 2.45) is 5.73 Å². The molecule has 5 nitrogen and oxygen atoms in total. The average Bonchev–Trinajstić information content (AvgIpc) is 2.44. The van der Waals surface area contributed by atoms with Crippen LogP contribution < -0.4 is 11.1 Å². The van der Waals surface area contributed by atoms with Crippen LogP contribution in [0.4, 0.5) is 5.69 Å². The lowest BCUT2D eigenvalue weighted by atomic mass is 10.1. The first-order valence-electron chi connectivity index (χ1n) is 6.23. The molecular formula is C15H16N2O3. The molecule has 0 aromatic heterocycles. The standard InChI is InChI=1S/C15H16N2O3/c16-9-8-10-4-6-11(7-5-10)17-15(20)12-2-1-3-13(18)14(12)19/h1-7,18-19H,8-9,16H2,(H,17,20). The van der Waals surface area contributed by atoms with E-state index >= 15 is 0 Å². The number of para-hydroxylation sites is 1. The second-order valence-electron chi connectivity index (χ2n) is 4.36. The van der Waals surface area contributed by atoms with Gasteiger partial charge in [-0.2, -0.15) is 0 Å². The van der Waals surface area contributed by atoms with Gasteiger partial charge in [-0.1, -0.05) is 18.2 Å². The topological polar surface area (TPSA) is 95.6 Å². The van der Waals surface area contributed by atoms with E-state index in [4.69, 9.17) is 5.73 Å². The predicted molar refractivity (Wildman–Crippen MR) is 76.9 cm³/mol. The van der Waals surface area contributed by atoms with Gasteiger partial charge in [0.15, 0.2) is 11.5 Å². The molecule has 0 heterocycles. The lowest BCUT2D eigenvalue weighted by Crippen LogP contribution is -2.12. The minimum absolute atomic E-state index is 0.0241. The highest BCUT2D eigenvalue weighted by molar-refractivity contribution is 6.06. The molecule has 2 aromatic carbocycles. The summed E-state index contributed by atoms with van der Waals surface area (Å²) in [5.74, 6) is -1.23. The third-order valence-corrected chi connectivity index (χ3v) is 2.90. The van der Waals surface area contributed by atoms with Gasteiger partial charge in [0.1, 0.15) is 0 Å². The van der Waals surface area contributed by atoms with Crippen molar-refractivity contribution in [3.05, 3.63) is 53.6 Å². The van der Waals surface area contributed by atoms with E-state index in [1.165, 1.54) is 18.2 Å². The van der Waals surface area contributed by atoms with Crippen LogP contribution >= 0.6 is 0 Å². The molecule has 2 aromatic rings. The maximum Gasteiger partial charge on any atom is 0.259 e. The minimum atomic E-state index is -0.482. The Morgan fingerprint density at radius 3 is 2.45 bits per heavy atom. The molecule has 20 heavy (non-hydrogen) atoms. The molecule has 0 fully saturated rings. The fraction of sp³-hybridized carbons (Fsp3) is 0.133. The van der Waals surface area contributed by atoms with Crippen molar-refractivity contribution in [1.29, 1.82) is 0 Å². The third-order valence-electron chi connectivity index (χ3n) is 2.90. The molecule has 0 saturated carbocycles. The number of nitrogens with one attached hydrogen (secondary N) is 1. The van der Waals surface area contributed by atoms with Gasteiger partial charge in [-0.3, -0.25) is 4.79 Å². The third kappa shape index (κ3) is 3.07. The number of rotatable bonds is 4. The number of hydrogen-bond donors (Lipinski definition) is 4. The normalized spacial score (nSPS) is 10.2. The molecule has 1 amide bonds. The van der Waals surface area contributed by atoms with Gasteiger partial charge >= 0.3 is 0 Å². The highest BCUT2D eigenvalue weighted by atomic mass is 16.3. The van der Waals surface area contributed by atoms with Gasteiger partial charge < -0.3 is 21.3 Å². The Kier molecular flexibility index (Phi) is 4.22. The molecule has 104 valence electrons. The highest BCUT2D eigenvalue weighted by Crippen LogP contribution is 2.28. The smallest absolute Gasteiger partial charge is 0.259 e. The van der Waals surface area contributed by atoms with E-state index in [-0.39, 0.29) is 11.3 Å². The van der Waals surface area contributed by atoms with Crippen molar-refractivity contribution in [1.82, 2.24) is 0 Å². The zero-order valence-corrected chi connectivity index (χ0v) is 10.8. The minimum Gasteiger partial charge on any atom is -0.504 e. The predicted octanol–water partition coefficient (Wildman–Crippen LogP) is 1.85. The van der Waals surface area contributed by atoms with Gasteiger partial charge in [0.2, 0.25) is 0 Å². The molecule has 0 radical (unpaired) electrons. The SMILES string of the molecule is NCCc1ccc(NC(=O)c2cccc(O)c2O)cc1. The molecule has 2 rings (SSSR count). The maximum atomic E-state index is 12.0. The number of phenols is 2. The molecule has 0 aliphatic carbocycles. The number of nitrogens with two attached hydrogens (primary N) is 1. The molecule has 0 spiro atoms. The van der Waals surface area contributed by atoms with E-state index in [1.54, 1.807) is 12.1 Å². The fourth-order valence-electron chi connectivity index (χ4n) is 1.83. The number of carbonyl (C=O) groups excluding carboxylic acids is 1. The van der Waals surface area contributed by atoms with Crippen molar-refractivity contribution in [2.45, 2.75) is 6.42 Å². The van der Waals surface area contributed by atoms with Crippen LogP contribution in [0.25, 0.3) is 0 Å². The molecule has 5 N–H and O–H groups in total. The zero-order valence-electron chi connectivity index (χ0n) is 10.8. The van der Waals surface area contributed by atoms with Crippen LogP contribution in [0.15, 0.2) is 42.5 Å². The largest absolute Gasteiger partial charge is 0.504 e. The van der Waals surface area contributed by atoms with E-state index in [9.17, 15) is 15.0 Å². The number of amides is 1. The molecule has 0 aliphatic rings. The van der Waals surface area contributed by atoms with Gasteiger partial charge in [-0.05, 0) is 42.8 Å². The zero-order chi connectivity index (χ0) is 14.5. The summed E-state index contributed by atoms with van der Waals surface area (Å²) in [7, 11) is 0. The summed E-state index contributed by atoms with van der Waals surface area (Å²) in [6.45, 7) is 0.572. The van der Waals surface area contributed by atoms with Crippen molar-refractivity contribution in [2.75, 3.05) is 11.9 Å². The Morgan fingerprint density at radius 2 is 1.80 bits per heavy atom. The summed E-state index contributed by atoms with van der Waals surface area (Å²) in [5.41, 5.74) is 7.19. The number of carbonyl (C=O) groups is 1. The van der Waals surface area contributed by atoms with E-state index in [0.29, 0.717) is 12.2 Å². The monoisotopic (exact) mass is 272 g/mol. The second kappa shape index (κ2) is 6.08. The van der Waals surface area contributed by atoms with Crippen LogP contribution in [-0.2, 0) is 6.42 Å². The second-order valence-corrected chi connectivity index (χ2v) is 4.36. The summed E-state index contributed by atoms with van der Waals surface area (Å²) in [6, 6.07) is 11.5. The Bertz CT molecular complexity index is 609. The molecular weight excluding hydrogens is 256 g/mol. The number of benzene rings is 2. The highest BCUT2D eigenvalue weighted by Gasteiger charge is 2.13. The molecule has 5 heteroatoms. The van der Waals surface area contributed by atoms with Crippen LogP contribution in [0.2, 0.25) is 0 Å². The number of aromatic hydroxyl groups is 2. The van der Waals surface area contributed by atoms with E-state index in [2.05, 4.69) is 5.32 Å². The summed E-state index contributed by atoms with van der Waals surface area (Å²) in [6.07, 6.45) is 0.779. The summed E-state index contributed by atoms with van der Waals surface area (Å²) < 4.78 is 0. The lowest BCUT2D eigenvalue weighted by molar-refractivity contribution is 0.102. The van der Waals surface area contributed by atoms with Crippen LogP contribution in [0.1, 0.15) is 15.9 Å². The molecule has 0 saturated heterocycles. The Labute approximate surface area is 116 Å². The quantitative estimate of drug-likeness (QED) is 0.639. The summed E-state index contributed by atoms with van der Waals surface area (Å²) in [4.78, 5) is 12.0. The number of hydrogen-bond acceptors (Lipinski definition) is 4. The first-order valence-corrected chi connectivity index (χ1v) is 6.23. The molecule has 0 unspecified atom stereocenters. The molecule has 0 aliphatic heterocycles. The van der Waals surface area contributed by atoms with Gasteiger partial charge in [-0.15, -0.1) is 0 Å². The Morgan fingerprint density at radius 1 is 1.10 bits per heavy atom. The van der Waals surface area contributed by atoms with Crippen molar-refractivity contribution >= 4 is 11.6 Å². The summed E-state index contributed by atoms with van der Waals surface area (Å²) in [5, 5.41) is 21.7. The van der Waals surface area contributed by atoms with Crippen LogP contribution in [0.3, 0.4) is 0 Å². The molecule has 0 bridgehead atoms. The first-order chi connectivity index (χ1) is 9.61. The van der Waals surface area contributed by atoms with Crippen molar-refractivity contribution in [3.63, 3.8) is 0 Å². The van der Waals surface area contributed by atoms with E-state index < -0.39 is 11.7 Å². The van der Waals surface area contributed by atoms with Gasteiger partial charge in [-0.25, -0.2) is 0 Å². The van der Waals surface area contributed by atoms with Crippen LogP contribution in [0.5, 0.6) is 11.5 Å². The molecule has 0 atom stereocenters. The lowest BCUT2D eigenvalue weighted by Gasteiger charge is -2.08. The van der Waals surface area contributed by atoms with E-state index in [1.807, 2.05) is 12.1 Å². The number of phenolic OH excluding ortho intramolecular Hbond substituents is 2. The van der Waals surface area contributed by atoms with Crippen LogP contribution in [-0.4, -0.2) is 22.7 Å². The van der Waals surface area contributed by atoms with Gasteiger partial charge in [0.05, 0.1) is 5.56 Å². The number of anilines is 1. The van der Waals surface area contributed by atoms with Crippen molar-refractivity contribution in [3.8, 4) is 11.5 Å².